The second-order valence-electron chi connectivity index (χ2n) is 3.93. The van der Waals surface area contributed by atoms with E-state index in [2.05, 4.69) is 0 Å². The van der Waals surface area contributed by atoms with Crippen LogP contribution in [0.2, 0.25) is 0 Å². The number of methoxy groups -OCH3 is 2. The molecule has 0 aliphatic rings. The Kier molecular flexibility index (Phi) is 5.24. The second-order valence-corrected chi connectivity index (χ2v) is 3.93. The molecule has 0 heterocycles. The molecule has 0 radical (unpaired) electrons. The van der Waals surface area contributed by atoms with E-state index in [1.54, 1.807) is 46.3 Å². The maximum atomic E-state index is 11.4. The molecule has 0 fully saturated rings. The number of esters is 1. The number of rotatable bonds is 5. The van der Waals surface area contributed by atoms with Crippen LogP contribution in [0.3, 0.4) is 0 Å². The summed E-state index contributed by atoms with van der Waals surface area (Å²) in [5, 5.41) is 0. The van der Waals surface area contributed by atoms with Crippen LogP contribution in [-0.4, -0.2) is 26.3 Å². The van der Waals surface area contributed by atoms with Gasteiger partial charge in [0.1, 0.15) is 11.5 Å². The lowest BCUT2D eigenvalue weighted by atomic mass is 10.2. The number of hydrogen-bond acceptors (Lipinski definition) is 4. The Morgan fingerprint density at radius 3 is 2.50 bits per heavy atom. The Morgan fingerprint density at radius 2 is 1.94 bits per heavy atom. The summed E-state index contributed by atoms with van der Waals surface area (Å²) in [5.41, 5.74) is 0.791. The standard InChI is InChI=1S/C14H18O4/c1-10(2)18-14(15)8-6-11-5-7-12(16-3)9-13(11)17-4/h5-10H,1-4H3/b8-6+. The van der Waals surface area contributed by atoms with E-state index in [-0.39, 0.29) is 12.1 Å². The molecule has 0 saturated carbocycles. The van der Waals surface area contributed by atoms with Gasteiger partial charge in [-0.25, -0.2) is 4.79 Å². The fraction of sp³-hybridized carbons (Fsp3) is 0.357. The fourth-order valence-electron chi connectivity index (χ4n) is 1.39. The van der Waals surface area contributed by atoms with Gasteiger partial charge < -0.3 is 14.2 Å². The third kappa shape index (κ3) is 4.13. The van der Waals surface area contributed by atoms with Gasteiger partial charge in [-0.3, -0.25) is 0 Å². The molecule has 0 aromatic heterocycles. The quantitative estimate of drug-likeness (QED) is 0.595. The van der Waals surface area contributed by atoms with E-state index in [0.717, 1.165) is 5.56 Å². The Labute approximate surface area is 107 Å². The maximum absolute atomic E-state index is 11.4. The molecule has 4 nitrogen and oxygen atoms in total. The Morgan fingerprint density at radius 1 is 1.22 bits per heavy atom. The first-order chi connectivity index (χ1) is 8.56. The summed E-state index contributed by atoms with van der Waals surface area (Å²) in [6.45, 7) is 3.61. The van der Waals surface area contributed by atoms with Crippen LogP contribution in [-0.2, 0) is 9.53 Å². The van der Waals surface area contributed by atoms with Gasteiger partial charge in [-0.2, -0.15) is 0 Å². The summed E-state index contributed by atoms with van der Waals surface area (Å²) in [6.07, 6.45) is 2.91. The summed E-state index contributed by atoms with van der Waals surface area (Å²) < 4.78 is 15.3. The molecule has 1 aromatic rings. The summed E-state index contributed by atoms with van der Waals surface area (Å²) in [4.78, 5) is 11.4. The predicted molar refractivity (Wildman–Crippen MR) is 69.8 cm³/mol. The lowest BCUT2D eigenvalue weighted by Gasteiger charge is -2.07. The van der Waals surface area contributed by atoms with Gasteiger partial charge in [-0.15, -0.1) is 0 Å². The molecule has 1 rings (SSSR count). The van der Waals surface area contributed by atoms with Gasteiger partial charge in [0.2, 0.25) is 0 Å². The minimum absolute atomic E-state index is 0.125. The lowest BCUT2D eigenvalue weighted by Crippen LogP contribution is -2.08. The van der Waals surface area contributed by atoms with Crippen molar-refractivity contribution >= 4 is 12.0 Å². The van der Waals surface area contributed by atoms with Crippen molar-refractivity contribution in [3.8, 4) is 11.5 Å². The van der Waals surface area contributed by atoms with E-state index in [1.165, 1.54) is 6.08 Å². The van der Waals surface area contributed by atoms with Crippen molar-refractivity contribution in [2.45, 2.75) is 20.0 Å². The Balaban J connectivity index is 2.83. The molecular formula is C14H18O4. The monoisotopic (exact) mass is 250 g/mol. The summed E-state index contributed by atoms with van der Waals surface area (Å²) in [6, 6.07) is 5.38. The lowest BCUT2D eigenvalue weighted by molar-refractivity contribution is -0.141. The summed E-state index contributed by atoms with van der Waals surface area (Å²) in [5.74, 6) is 0.972. The molecule has 0 saturated heterocycles. The van der Waals surface area contributed by atoms with Crippen molar-refractivity contribution in [3.05, 3.63) is 29.8 Å². The maximum Gasteiger partial charge on any atom is 0.331 e. The van der Waals surface area contributed by atoms with Crippen LogP contribution in [0, 0.1) is 0 Å². The summed E-state index contributed by atoms with van der Waals surface area (Å²) >= 11 is 0. The van der Waals surface area contributed by atoms with Crippen molar-refractivity contribution in [1.82, 2.24) is 0 Å². The first-order valence-electron chi connectivity index (χ1n) is 5.67. The van der Waals surface area contributed by atoms with Crippen molar-refractivity contribution in [1.29, 1.82) is 0 Å². The van der Waals surface area contributed by atoms with Gasteiger partial charge in [0.25, 0.3) is 0 Å². The third-order valence-electron chi connectivity index (χ3n) is 2.19. The molecule has 1 aromatic carbocycles. The highest BCUT2D eigenvalue weighted by atomic mass is 16.5. The van der Waals surface area contributed by atoms with Crippen LogP contribution < -0.4 is 9.47 Å². The first kappa shape index (κ1) is 14.1. The van der Waals surface area contributed by atoms with Gasteiger partial charge in [-0.1, -0.05) is 0 Å². The average Bonchev–Trinajstić information content (AvgIpc) is 2.35. The highest BCUT2D eigenvalue weighted by Gasteiger charge is 2.04. The number of carbonyl (C=O) groups is 1. The molecule has 0 aliphatic carbocycles. The average molecular weight is 250 g/mol. The highest BCUT2D eigenvalue weighted by Crippen LogP contribution is 2.25. The van der Waals surface area contributed by atoms with Crippen LogP contribution in [0.4, 0.5) is 0 Å². The molecule has 0 unspecified atom stereocenters. The van der Waals surface area contributed by atoms with Crippen LogP contribution >= 0.6 is 0 Å². The molecule has 0 spiro atoms. The van der Waals surface area contributed by atoms with Gasteiger partial charge >= 0.3 is 5.97 Å². The minimum Gasteiger partial charge on any atom is -0.497 e. The van der Waals surface area contributed by atoms with E-state index < -0.39 is 0 Å². The molecule has 98 valence electrons. The van der Waals surface area contributed by atoms with Gasteiger partial charge in [0.05, 0.1) is 20.3 Å². The molecule has 0 N–H and O–H groups in total. The zero-order valence-electron chi connectivity index (χ0n) is 11.1. The van der Waals surface area contributed by atoms with Crippen LogP contribution in [0.15, 0.2) is 24.3 Å². The van der Waals surface area contributed by atoms with Crippen molar-refractivity contribution in [3.63, 3.8) is 0 Å². The molecule has 0 amide bonds. The number of ether oxygens (including phenoxy) is 3. The van der Waals surface area contributed by atoms with Crippen LogP contribution in [0.1, 0.15) is 19.4 Å². The Hall–Kier alpha value is -1.97. The molecule has 0 aliphatic heterocycles. The topological polar surface area (TPSA) is 44.8 Å². The minimum atomic E-state index is -0.372. The van der Waals surface area contributed by atoms with Gasteiger partial charge in [-0.05, 0) is 32.1 Å². The smallest absolute Gasteiger partial charge is 0.331 e. The number of benzene rings is 1. The third-order valence-corrected chi connectivity index (χ3v) is 2.19. The van der Waals surface area contributed by atoms with E-state index in [0.29, 0.717) is 11.5 Å². The fourth-order valence-corrected chi connectivity index (χ4v) is 1.39. The zero-order chi connectivity index (χ0) is 13.5. The van der Waals surface area contributed by atoms with Crippen molar-refractivity contribution in [2.75, 3.05) is 14.2 Å². The SMILES string of the molecule is COc1ccc(/C=C/C(=O)OC(C)C)c(OC)c1. The first-order valence-corrected chi connectivity index (χ1v) is 5.67. The molecule has 0 bridgehead atoms. The second kappa shape index (κ2) is 6.69. The van der Waals surface area contributed by atoms with Crippen LogP contribution in [0.5, 0.6) is 11.5 Å². The van der Waals surface area contributed by atoms with E-state index in [1.807, 2.05) is 6.07 Å². The van der Waals surface area contributed by atoms with Gasteiger partial charge in [0, 0.05) is 17.7 Å². The Bertz CT molecular complexity index is 435. The predicted octanol–water partition coefficient (Wildman–Crippen LogP) is 2.67. The van der Waals surface area contributed by atoms with Gasteiger partial charge in [0.15, 0.2) is 0 Å². The number of hydrogen-bond donors (Lipinski definition) is 0. The van der Waals surface area contributed by atoms with E-state index in [9.17, 15) is 4.79 Å². The zero-order valence-corrected chi connectivity index (χ0v) is 11.1. The van der Waals surface area contributed by atoms with E-state index >= 15 is 0 Å². The van der Waals surface area contributed by atoms with Crippen molar-refractivity contribution < 1.29 is 19.0 Å². The van der Waals surface area contributed by atoms with E-state index in [4.69, 9.17) is 14.2 Å². The summed E-state index contributed by atoms with van der Waals surface area (Å²) in [7, 11) is 3.16. The molecule has 0 atom stereocenters. The van der Waals surface area contributed by atoms with Crippen LogP contribution in [0.25, 0.3) is 6.08 Å². The number of carbonyl (C=O) groups excluding carboxylic acids is 1. The normalized spacial score (nSPS) is 10.7. The van der Waals surface area contributed by atoms with Crippen molar-refractivity contribution in [2.24, 2.45) is 0 Å². The largest absolute Gasteiger partial charge is 0.497 e. The molecule has 18 heavy (non-hydrogen) atoms. The molecule has 4 heteroatoms. The molecular weight excluding hydrogens is 232 g/mol. The highest BCUT2D eigenvalue weighted by molar-refractivity contribution is 5.87.